The first-order chi connectivity index (χ1) is 32.4. The number of benzene rings is 3. The third kappa shape index (κ3) is 12.5. The molecule has 2 fully saturated rings. The Hall–Kier alpha value is -5.30. The molecule has 362 valence electrons. The summed E-state index contributed by atoms with van der Waals surface area (Å²) in [7, 11) is -6.65. The molecule has 2 aliphatic heterocycles. The highest BCUT2D eigenvalue weighted by atomic mass is 35.5. The van der Waals surface area contributed by atoms with Crippen LogP contribution in [-0.2, 0) is 10.0 Å². The fourth-order valence-electron chi connectivity index (χ4n) is 9.60. The number of pyridine rings is 1. The molecule has 3 aliphatic rings. The van der Waals surface area contributed by atoms with Gasteiger partial charge in [0.1, 0.15) is 22.8 Å². The van der Waals surface area contributed by atoms with Gasteiger partial charge in [-0.1, -0.05) is 43.2 Å². The number of aromatic nitrogens is 2. The van der Waals surface area contributed by atoms with Crippen molar-refractivity contribution in [2.24, 2.45) is 11.3 Å². The third-order valence-electron chi connectivity index (χ3n) is 13.6. The Kier molecular flexibility index (Phi) is 15.0. The number of halogens is 1. The minimum absolute atomic E-state index is 0.0371. The highest BCUT2D eigenvalue weighted by molar-refractivity contribution is 7.90. The van der Waals surface area contributed by atoms with Crippen molar-refractivity contribution >= 4 is 69.5 Å². The van der Waals surface area contributed by atoms with E-state index in [0.717, 1.165) is 119 Å². The maximum atomic E-state index is 14.0. The molecular weight excluding hydrogens is 920 g/mol. The fraction of sp³-hybridized carbons (Fsp3) is 0.440. The van der Waals surface area contributed by atoms with E-state index in [1.807, 2.05) is 31.3 Å². The first kappa shape index (κ1) is 49.1. The number of sulfonamides is 1. The molecule has 4 N–H and O–H groups in total. The number of piperidine rings is 1. The molecule has 18 heteroatoms. The predicted molar refractivity (Wildman–Crippen MR) is 272 cm³/mol. The summed E-state index contributed by atoms with van der Waals surface area (Å²) < 4.78 is 36.1. The van der Waals surface area contributed by atoms with E-state index in [4.69, 9.17) is 16.3 Å². The summed E-state index contributed by atoms with van der Waals surface area (Å²) in [6.07, 6.45) is 9.29. The van der Waals surface area contributed by atoms with Crippen LogP contribution in [0.4, 0.5) is 17.1 Å². The summed E-state index contributed by atoms with van der Waals surface area (Å²) in [6.45, 7) is 15.8. The van der Waals surface area contributed by atoms with Gasteiger partial charge < -0.3 is 29.6 Å². The van der Waals surface area contributed by atoms with Crippen molar-refractivity contribution in [1.29, 1.82) is 0 Å². The van der Waals surface area contributed by atoms with E-state index in [9.17, 15) is 28.1 Å². The van der Waals surface area contributed by atoms with Crippen molar-refractivity contribution < 1.29 is 27.7 Å². The normalized spacial score (nSPS) is 17.6. The molecule has 3 aromatic carbocycles. The lowest BCUT2D eigenvalue weighted by Crippen LogP contribution is -2.47. The second-order valence-electron chi connectivity index (χ2n) is 20.0. The number of carbonyl (C=O) groups excluding carboxylic acids is 1. The van der Waals surface area contributed by atoms with Crippen LogP contribution < -0.4 is 19.7 Å². The summed E-state index contributed by atoms with van der Waals surface area (Å²) >= 11 is 6.25. The molecule has 2 saturated heterocycles. The second kappa shape index (κ2) is 20.7. The molecule has 8 rings (SSSR count). The summed E-state index contributed by atoms with van der Waals surface area (Å²) in [6, 6.07) is 21.4. The van der Waals surface area contributed by atoms with E-state index >= 15 is 0 Å². The number of aromatic amines is 1. The summed E-state index contributed by atoms with van der Waals surface area (Å²) in [4.78, 5) is 50.1. The smallest absolute Gasteiger partial charge is 0.293 e. The topological polar surface area (TPSA) is 186 Å². The Morgan fingerprint density at radius 2 is 1.75 bits per heavy atom. The largest absolute Gasteiger partial charge is 0.455 e. The van der Waals surface area contributed by atoms with Crippen molar-refractivity contribution in [3.05, 3.63) is 117 Å². The Labute approximate surface area is 405 Å². The van der Waals surface area contributed by atoms with Crippen molar-refractivity contribution in [1.82, 2.24) is 24.5 Å². The SMILES string of the molecule is CC1(C)CCC(CN2CCN(c3ccc(C(=O)NS(=O)(=O)c4ccc(NCC5CCN(CCC[Si](C)(C)O)CC5)c([N+](=O)[O-])c4)c(Oc4cnc5[nH]ccc5c4)c3)CC2)=C(c2ccc(Cl)cc2)C1. The highest BCUT2D eigenvalue weighted by Gasteiger charge is 2.31. The third-order valence-corrected chi connectivity index (χ3v) is 16.8. The van der Waals surface area contributed by atoms with E-state index < -0.39 is 39.8 Å². The van der Waals surface area contributed by atoms with Crippen LogP contribution >= 0.6 is 11.6 Å². The molecule has 1 amide bonds. The van der Waals surface area contributed by atoms with Gasteiger partial charge in [-0.3, -0.25) is 19.8 Å². The number of fused-ring (bicyclic) bond motifs is 1. The number of ether oxygens (including phenoxy) is 1. The van der Waals surface area contributed by atoms with Gasteiger partial charge in [0, 0.05) is 73.7 Å². The zero-order valence-electron chi connectivity index (χ0n) is 39.4. The highest BCUT2D eigenvalue weighted by Crippen LogP contribution is 2.43. The van der Waals surface area contributed by atoms with Crippen LogP contribution in [0.3, 0.4) is 0 Å². The molecule has 1 aliphatic carbocycles. The quantitative estimate of drug-likeness (QED) is 0.0394. The van der Waals surface area contributed by atoms with Crippen LogP contribution in [0.1, 0.15) is 68.3 Å². The minimum atomic E-state index is -4.58. The maximum Gasteiger partial charge on any atom is 0.293 e. The van der Waals surface area contributed by atoms with Gasteiger partial charge in [-0.15, -0.1) is 0 Å². The van der Waals surface area contributed by atoms with Crippen molar-refractivity contribution in [3.8, 4) is 11.5 Å². The lowest BCUT2D eigenvalue weighted by atomic mass is 9.72. The molecule has 68 heavy (non-hydrogen) atoms. The van der Waals surface area contributed by atoms with Crippen LogP contribution in [0.5, 0.6) is 11.5 Å². The van der Waals surface area contributed by atoms with Gasteiger partial charge >= 0.3 is 0 Å². The van der Waals surface area contributed by atoms with Crippen LogP contribution in [0.25, 0.3) is 16.6 Å². The van der Waals surface area contributed by atoms with E-state index in [-0.39, 0.29) is 28.3 Å². The molecule has 0 atom stereocenters. The fourth-order valence-corrected chi connectivity index (χ4v) is 11.7. The summed E-state index contributed by atoms with van der Waals surface area (Å²) in [5.41, 5.74) is 5.56. The zero-order chi connectivity index (χ0) is 48.2. The number of amides is 1. The Bertz CT molecular complexity index is 2760. The van der Waals surface area contributed by atoms with Crippen LogP contribution in [0.15, 0.2) is 95.7 Å². The summed E-state index contributed by atoms with van der Waals surface area (Å²) in [5, 5.41) is 17.0. The number of H-pyrrole nitrogens is 1. The van der Waals surface area contributed by atoms with Crippen molar-refractivity contribution in [2.45, 2.75) is 76.4 Å². The number of carbonyl (C=O) groups is 1. The predicted octanol–water partition coefficient (Wildman–Crippen LogP) is 9.53. The van der Waals surface area contributed by atoms with Gasteiger partial charge in [0.2, 0.25) is 0 Å². The number of nitro groups is 1. The molecule has 5 aromatic rings. The van der Waals surface area contributed by atoms with Crippen molar-refractivity contribution in [2.75, 3.05) is 69.1 Å². The molecule has 0 saturated carbocycles. The number of hydrogen-bond acceptors (Lipinski definition) is 12. The lowest BCUT2D eigenvalue weighted by molar-refractivity contribution is -0.384. The second-order valence-corrected chi connectivity index (χ2v) is 26.3. The minimum Gasteiger partial charge on any atom is -0.455 e. The number of nitro benzene ring substituents is 1. The Morgan fingerprint density at radius 1 is 1.00 bits per heavy atom. The average Bonchev–Trinajstić information content (AvgIpc) is 3.77. The first-order valence-electron chi connectivity index (χ1n) is 23.6. The molecule has 2 aromatic heterocycles. The van der Waals surface area contributed by atoms with E-state index in [1.54, 1.807) is 30.5 Å². The van der Waals surface area contributed by atoms with Crippen LogP contribution in [0.2, 0.25) is 24.2 Å². The van der Waals surface area contributed by atoms with Gasteiger partial charge in [0.25, 0.3) is 21.6 Å². The molecule has 0 bridgehead atoms. The number of piperazine rings is 1. The lowest BCUT2D eigenvalue weighted by Gasteiger charge is -2.39. The van der Waals surface area contributed by atoms with E-state index in [0.29, 0.717) is 17.9 Å². The van der Waals surface area contributed by atoms with E-state index in [2.05, 4.69) is 60.7 Å². The van der Waals surface area contributed by atoms with Gasteiger partial charge in [-0.05, 0) is 148 Å². The molecule has 15 nitrogen and oxygen atoms in total. The van der Waals surface area contributed by atoms with Crippen LogP contribution in [-0.4, -0.2) is 111 Å². The van der Waals surface area contributed by atoms with Crippen LogP contribution in [0, 0.1) is 21.4 Å². The number of likely N-dealkylation sites (tertiary alicyclic amines) is 1. The summed E-state index contributed by atoms with van der Waals surface area (Å²) in [5.74, 6) is -0.184. The Balaban J connectivity index is 0.951. The van der Waals surface area contributed by atoms with Gasteiger partial charge in [-0.2, -0.15) is 0 Å². The standard InChI is InChI=1S/C50H63ClN8O7SSi/c1-50(2)18-14-38(44(31-50)36-6-8-39(51)9-7-36)34-57-23-25-58(26-24-57)40-10-12-43(47(29-40)66-41-28-37-15-19-52-48(37)54-33-41)49(60)55-67(63,64)42-11-13-45(46(30-42)59(61)62)53-32-35-16-21-56(22-17-35)20-5-27-68(3,4)65/h6-13,15,19,28-30,33,35,53,65H,5,14,16-18,20-27,31-32,34H2,1-4H3,(H,52,54)(H,55,60). The number of allylic oxidation sites excluding steroid dienone is 1. The van der Waals surface area contributed by atoms with Gasteiger partial charge in [0.15, 0.2) is 8.32 Å². The van der Waals surface area contributed by atoms with Gasteiger partial charge in [-0.25, -0.2) is 18.1 Å². The monoisotopic (exact) mass is 982 g/mol. The number of nitrogens with one attached hydrogen (secondary N) is 3. The van der Waals surface area contributed by atoms with Gasteiger partial charge in [0.05, 0.1) is 21.6 Å². The first-order valence-corrected chi connectivity index (χ1v) is 28.6. The van der Waals surface area contributed by atoms with Crippen molar-refractivity contribution in [3.63, 3.8) is 0 Å². The average molecular weight is 984 g/mol. The molecular formula is C50H63ClN8O7SSi. The maximum absolute atomic E-state index is 14.0. The number of hydrogen-bond donors (Lipinski definition) is 4. The molecule has 4 heterocycles. The number of rotatable bonds is 17. The molecule has 0 spiro atoms. The Morgan fingerprint density at radius 3 is 2.47 bits per heavy atom. The molecule has 0 radical (unpaired) electrons. The number of anilines is 2. The number of nitrogens with zero attached hydrogens (tertiary/aromatic N) is 5. The zero-order valence-corrected chi connectivity index (χ0v) is 42.0. The molecule has 0 unspecified atom stereocenters. The van der Waals surface area contributed by atoms with E-state index in [1.165, 1.54) is 35.0 Å².